The molecule has 106 valence electrons. The Balaban J connectivity index is 2.03. The van der Waals surface area contributed by atoms with E-state index in [4.69, 9.17) is 0 Å². The lowest BCUT2D eigenvalue weighted by Crippen LogP contribution is -2.27. The van der Waals surface area contributed by atoms with Crippen molar-refractivity contribution in [1.29, 1.82) is 0 Å². The number of benzene rings is 1. The summed E-state index contributed by atoms with van der Waals surface area (Å²) in [5, 5.41) is 9.46. The number of aliphatic hydroxyl groups excluding tert-OH is 1. The first-order chi connectivity index (χ1) is 9.08. The van der Waals surface area contributed by atoms with Gasteiger partial charge in [-0.3, -0.25) is 0 Å². The molecule has 1 fully saturated rings. The van der Waals surface area contributed by atoms with Gasteiger partial charge in [0.2, 0.25) is 0 Å². The molecule has 0 heterocycles. The highest BCUT2D eigenvalue weighted by atomic mass is 19.1. The Bertz CT molecular complexity index is 413. The molecule has 19 heavy (non-hydrogen) atoms. The zero-order valence-corrected chi connectivity index (χ0v) is 11.9. The Morgan fingerprint density at radius 1 is 1.32 bits per heavy atom. The minimum Gasteiger partial charge on any atom is -0.389 e. The third kappa shape index (κ3) is 3.69. The van der Waals surface area contributed by atoms with Crippen molar-refractivity contribution in [1.82, 2.24) is 0 Å². The zero-order chi connectivity index (χ0) is 13.8. The summed E-state index contributed by atoms with van der Waals surface area (Å²) in [4.78, 5) is 2.01. The third-order valence-electron chi connectivity index (χ3n) is 4.12. The lowest BCUT2D eigenvalue weighted by atomic mass is 9.89. The standard InChI is InChI=1S/C16H24FNO/c1-12(19)14-8-9-16(15(17)10-14)18(2)11-13-6-4-3-5-7-13/h8-10,12-13,19H,3-7,11H2,1-2H3/t12-/m1/s1. The summed E-state index contributed by atoms with van der Waals surface area (Å²) < 4.78 is 14.1. The van der Waals surface area contributed by atoms with E-state index in [-0.39, 0.29) is 5.82 Å². The molecule has 2 rings (SSSR count). The molecule has 1 aliphatic carbocycles. The lowest BCUT2D eigenvalue weighted by molar-refractivity contribution is 0.199. The second kappa shape index (κ2) is 6.38. The van der Waals surface area contributed by atoms with E-state index < -0.39 is 6.10 Å². The molecule has 1 aromatic rings. The van der Waals surface area contributed by atoms with Gasteiger partial charge in [0.1, 0.15) is 5.82 Å². The second-order valence-electron chi connectivity index (χ2n) is 5.77. The summed E-state index contributed by atoms with van der Waals surface area (Å²) in [5.74, 6) is 0.450. The van der Waals surface area contributed by atoms with Gasteiger partial charge in [-0.15, -0.1) is 0 Å². The van der Waals surface area contributed by atoms with Crippen LogP contribution in [0.3, 0.4) is 0 Å². The van der Waals surface area contributed by atoms with E-state index in [9.17, 15) is 9.50 Å². The van der Waals surface area contributed by atoms with Crippen LogP contribution in [0.2, 0.25) is 0 Å². The first kappa shape index (κ1) is 14.3. The molecule has 3 heteroatoms. The fourth-order valence-electron chi connectivity index (χ4n) is 2.95. The topological polar surface area (TPSA) is 23.5 Å². The van der Waals surface area contributed by atoms with Crippen LogP contribution in [0.25, 0.3) is 0 Å². The lowest BCUT2D eigenvalue weighted by Gasteiger charge is -2.28. The normalized spacial score (nSPS) is 18.3. The molecule has 0 spiro atoms. The van der Waals surface area contributed by atoms with Crippen LogP contribution in [-0.4, -0.2) is 18.7 Å². The van der Waals surface area contributed by atoms with Crippen LogP contribution in [0.5, 0.6) is 0 Å². The predicted molar refractivity (Wildman–Crippen MR) is 76.9 cm³/mol. The maximum atomic E-state index is 14.1. The van der Waals surface area contributed by atoms with E-state index >= 15 is 0 Å². The van der Waals surface area contributed by atoms with Gasteiger partial charge in [-0.1, -0.05) is 25.3 Å². The maximum Gasteiger partial charge on any atom is 0.146 e. The minimum absolute atomic E-state index is 0.239. The molecular weight excluding hydrogens is 241 g/mol. The number of aliphatic hydroxyl groups is 1. The van der Waals surface area contributed by atoms with Crippen molar-refractivity contribution in [2.45, 2.75) is 45.1 Å². The highest BCUT2D eigenvalue weighted by Gasteiger charge is 2.17. The van der Waals surface area contributed by atoms with E-state index in [1.807, 2.05) is 11.9 Å². The van der Waals surface area contributed by atoms with Crippen LogP contribution < -0.4 is 4.90 Å². The summed E-state index contributed by atoms with van der Waals surface area (Å²) in [5.41, 5.74) is 1.27. The van der Waals surface area contributed by atoms with Gasteiger partial charge in [0, 0.05) is 13.6 Å². The van der Waals surface area contributed by atoms with Gasteiger partial charge in [-0.2, -0.15) is 0 Å². The number of nitrogens with zero attached hydrogens (tertiary/aromatic N) is 1. The Kier molecular flexibility index (Phi) is 4.81. The quantitative estimate of drug-likeness (QED) is 0.892. The minimum atomic E-state index is -0.618. The summed E-state index contributed by atoms with van der Waals surface area (Å²) in [6, 6.07) is 5.03. The summed E-state index contributed by atoms with van der Waals surface area (Å²) >= 11 is 0. The SMILES string of the molecule is C[C@@H](O)c1ccc(N(C)CC2CCCCC2)c(F)c1. The fraction of sp³-hybridized carbons (Fsp3) is 0.625. The molecule has 2 nitrogen and oxygen atoms in total. The van der Waals surface area contributed by atoms with Crippen LogP contribution in [0.15, 0.2) is 18.2 Å². The van der Waals surface area contributed by atoms with Crippen LogP contribution >= 0.6 is 0 Å². The third-order valence-corrected chi connectivity index (χ3v) is 4.12. The molecule has 0 amide bonds. The van der Waals surface area contributed by atoms with Crippen molar-refractivity contribution in [3.63, 3.8) is 0 Å². The molecule has 1 saturated carbocycles. The van der Waals surface area contributed by atoms with Crippen molar-refractivity contribution in [3.05, 3.63) is 29.6 Å². The molecule has 0 radical (unpaired) electrons. The van der Waals surface area contributed by atoms with Crippen LogP contribution in [0.1, 0.15) is 50.7 Å². The highest BCUT2D eigenvalue weighted by molar-refractivity contribution is 5.48. The molecule has 1 aliphatic rings. The largest absolute Gasteiger partial charge is 0.389 e. The number of anilines is 1. The number of hydrogen-bond acceptors (Lipinski definition) is 2. The number of halogens is 1. The molecule has 1 aromatic carbocycles. The average molecular weight is 265 g/mol. The highest BCUT2D eigenvalue weighted by Crippen LogP contribution is 2.28. The van der Waals surface area contributed by atoms with E-state index in [2.05, 4.69) is 0 Å². The predicted octanol–water partition coefficient (Wildman–Crippen LogP) is 3.90. The van der Waals surface area contributed by atoms with Crippen molar-refractivity contribution in [2.24, 2.45) is 5.92 Å². The molecular formula is C16H24FNO. The molecule has 1 atom stereocenters. The summed E-state index contributed by atoms with van der Waals surface area (Å²) in [7, 11) is 1.95. The van der Waals surface area contributed by atoms with Crippen LogP contribution in [0.4, 0.5) is 10.1 Å². The van der Waals surface area contributed by atoms with Gasteiger partial charge in [-0.25, -0.2) is 4.39 Å². The number of rotatable bonds is 4. The second-order valence-corrected chi connectivity index (χ2v) is 5.77. The fourth-order valence-corrected chi connectivity index (χ4v) is 2.95. The zero-order valence-electron chi connectivity index (χ0n) is 11.9. The maximum absolute atomic E-state index is 14.1. The molecule has 0 unspecified atom stereocenters. The first-order valence-electron chi connectivity index (χ1n) is 7.26. The van der Waals surface area contributed by atoms with E-state index in [0.29, 0.717) is 17.2 Å². The monoisotopic (exact) mass is 265 g/mol. The smallest absolute Gasteiger partial charge is 0.146 e. The van der Waals surface area contributed by atoms with Crippen molar-refractivity contribution in [2.75, 3.05) is 18.5 Å². The van der Waals surface area contributed by atoms with Gasteiger partial charge < -0.3 is 10.0 Å². The van der Waals surface area contributed by atoms with Crippen molar-refractivity contribution >= 4 is 5.69 Å². The Hall–Kier alpha value is -1.09. The molecule has 0 aromatic heterocycles. The summed E-state index contributed by atoms with van der Waals surface area (Å²) in [6.07, 6.45) is 5.86. The van der Waals surface area contributed by atoms with Crippen molar-refractivity contribution < 1.29 is 9.50 Å². The van der Waals surface area contributed by atoms with Crippen LogP contribution in [-0.2, 0) is 0 Å². The number of hydrogen-bond donors (Lipinski definition) is 1. The van der Waals surface area contributed by atoms with Gasteiger partial charge >= 0.3 is 0 Å². The molecule has 1 N–H and O–H groups in total. The van der Waals surface area contributed by atoms with Crippen LogP contribution in [0, 0.1) is 11.7 Å². The average Bonchev–Trinajstić information content (AvgIpc) is 2.39. The molecule has 0 saturated heterocycles. The summed E-state index contributed by atoms with van der Waals surface area (Å²) in [6.45, 7) is 2.57. The Morgan fingerprint density at radius 2 is 2.00 bits per heavy atom. The van der Waals surface area contributed by atoms with E-state index in [0.717, 1.165) is 6.54 Å². The van der Waals surface area contributed by atoms with Gasteiger partial charge in [0.05, 0.1) is 11.8 Å². The van der Waals surface area contributed by atoms with Gasteiger partial charge in [0.25, 0.3) is 0 Å². The Labute approximate surface area is 115 Å². The van der Waals surface area contributed by atoms with Gasteiger partial charge in [0.15, 0.2) is 0 Å². The van der Waals surface area contributed by atoms with E-state index in [1.54, 1.807) is 19.1 Å². The Morgan fingerprint density at radius 3 is 2.58 bits per heavy atom. The molecule has 0 aliphatic heterocycles. The van der Waals surface area contributed by atoms with E-state index in [1.165, 1.54) is 38.2 Å². The van der Waals surface area contributed by atoms with Crippen molar-refractivity contribution in [3.8, 4) is 0 Å². The molecule has 0 bridgehead atoms. The first-order valence-corrected chi connectivity index (χ1v) is 7.26. The van der Waals surface area contributed by atoms with Gasteiger partial charge in [-0.05, 0) is 43.4 Å².